The van der Waals surface area contributed by atoms with Crippen molar-refractivity contribution in [1.82, 2.24) is 0 Å². The van der Waals surface area contributed by atoms with Crippen LogP contribution in [-0.4, -0.2) is 11.1 Å². The van der Waals surface area contributed by atoms with Crippen LogP contribution in [0.3, 0.4) is 0 Å². The lowest BCUT2D eigenvalue weighted by atomic mass is 9.85. The lowest BCUT2D eigenvalue weighted by Crippen LogP contribution is -2.19. The van der Waals surface area contributed by atoms with Crippen molar-refractivity contribution in [3.8, 4) is 0 Å². The maximum atomic E-state index is 13.0. The lowest BCUT2D eigenvalue weighted by Gasteiger charge is -2.19. The van der Waals surface area contributed by atoms with Crippen molar-refractivity contribution >= 4 is 5.97 Å². The highest BCUT2D eigenvalue weighted by Crippen LogP contribution is 2.28. The van der Waals surface area contributed by atoms with Gasteiger partial charge >= 0.3 is 5.97 Å². The summed E-state index contributed by atoms with van der Waals surface area (Å²) in [5, 5.41) is 9.07. The highest BCUT2D eigenvalue weighted by atomic mass is 19.1. The fourth-order valence-electron chi connectivity index (χ4n) is 1.70. The summed E-state index contributed by atoms with van der Waals surface area (Å²) < 4.78 is 26.0. The molecule has 1 N–H and O–H groups in total. The Labute approximate surface area is 92.9 Å². The fraction of sp³-hybridized carbons (Fsp3) is 0.417. The van der Waals surface area contributed by atoms with E-state index in [2.05, 4.69) is 0 Å². The van der Waals surface area contributed by atoms with Crippen LogP contribution in [0.25, 0.3) is 0 Å². The highest BCUT2D eigenvalue weighted by Gasteiger charge is 2.26. The molecule has 0 heterocycles. The van der Waals surface area contributed by atoms with Gasteiger partial charge in [-0.1, -0.05) is 20.3 Å². The standard InChI is InChI=1S/C12H14F2O2/c1-3-7(2)11(12(15)16)8-4-9(13)6-10(14)5-8/h4-7,11H,3H2,1-2H3,(H,15,16). The van der Waals surface area contributed by atoms with E-state index in [1.54, 1.807) is 6.92 Å². The van der Waals surface area contributed by atoms with Crippen molar-refractivity contribution in [1.29, 1.82) is 0 Å². The summed E-state index contributed by atoms with van der Waals surface area (Å²) in [5.41, 5.74) is 0.180. The van der Waals surface area contributed by atoms with Crippen LogP contribution in [0.4, 0.5) is 8.78 Å². The van der Waals surface area contributed by atoms with Gasteiger partial charge in [0.2, 0.25) is 0 Å². The molecule has 0 bridgehead atoms. The molecule has 88 valence electrons. The van der Waals surface area contributed by atoms with Crippen LogP contribution < -0.4 is 0 Å². The highest BCUT2D eigenvalue weighted by molar-refractivity contribution is 5.76. The van der Waals surface area contributed by atoms with Crippen molar-refractivity contribution in [2.45, 2.75) is 26.2 Å². The number of carbonyl (C=O) groups is 1. The van der Waals surface area contributed by atoms with E-state index in [0.717, 1.165) is 18.2 Å². The summed E-state index contributed by atoms with van der Waals surface area (Å²) in [6, 6.07) is 2.89. The Morgan fingerprint density at radius 3 is 2.19 bits per heavy atom. The molecule has 2 unspecified atom stereocenters. The topological polar surface area (TPSA) is 37.3 Å². The zero-order valence-corrected chi connectivity index (χ0v) is 9.21. The molecule has 0 amide bonds. The van der Waals surface area contributed by atoms with E-state index < -0.39 is 23.5 Å². The van der Waals surface area contributed by atoms with Gasteiger partial charge in [-0.15, -0.1) is 0 Å². The van der Waals surface area contributed by atoms with E-state index >= 15 is 0 Å². The van der Waals surface area contributed by atoms with Gasteiger partial charge in [0.05, 0.1) is 5.92 Å². The Morgan fingerprint density at radius 1 is 1.31 bits per heavy atom. The van der Waals surface area contributed by atoms with Crippen LogP contribution >= 0.6 is 0 Å². The first-order valence-corrected chi connectivity index (χ1v) is 5.14. The Balaban J connectivity index is 3.15. The molecule has 2 atom stereocenters. The molecule has 4 heteroatoms. The van der Waals surface area contributed by atoms with Gasteiger partial charge in [-0.05, 0) is 23.6 Å². The molecule has 0 aliphatic rings. The number of carboxylic acid groups (broad SMARTS) is 1. The molecule has 1 aromatic rings. The third-order valence-electron chi connectivity index (χ3n) is 2.72. The van der Waals surface area contributed by atoms with Crippen LogP contribution in [0.15, 0.2) is 18.2 Å². The van der Waals surface area contributed by atoms with Gasteiger partial charge in [-0.3, -0.25) is 4.79 Å². The molecule has 2 nitrogen and oxygen atoms in total. The number of hydrogen-bond acceptors (Lipinski definition) is 1. The number of carboxylic acids is 1. The normalized spacial score (nSPS) is 14.5. The van der Waals surface area contributed by atoms with E-state index in [0.29, 0.717) is 6.42 Å². The first-order chi connectivity index (χ1) is 7.45. The first-order valence-electron chi connectivity index (χ1n) is 5.14. The third kappa shape index (κ3) is 2.78. The summed E-state index contributed by atoms with van der Waals surface area (Å²) in [6.45, 7) is 3.60. The minimum Gasteiger partial charge on any atom is -0.481 e. The van der Waals surface area contributed by atoms with Crippen LogP contribution in [0, 0.1) is 17.6 Å². The molecule has 0 aromatic heterocycles. The number of rotatable bonds is 4. The average Bonchev–Trinajstić information content (AvgIpc) is 2.15. The third-order valence-corrected chi connectivity index (χ3v) is 2.72. The molecule has 0 saturated heterocycles. The number of aliphatic carboxylic acids is 1. The number of benzene rings is 1. The van der Waals surface area contributed by atoms with Crippen LogP contribution in [0.2, 0.25) is 0 Å². The quantitative estimate of drug-likeness (QED) is 0.859. The molecule has 0 spiro atoms. The van der Waals surface area contributed by atoms with Crippen LogP contribution in [0.5, 0.6) is 0 Å². The lowest BCUT2D eigenvalue weighted by molar-refractivity contribution is -0.140. The van der Waals surface area contributed by atoms with Gasteiger partial charge in [-0.2, -0.15) is 0 Å². The van der Waals surface area contributed by atoms with Gasteiger partial charge in [0.25, 0.3) is 0 Å². The van der Waals surface area contributed by atoms with Crippen molar-refractivity contribution in [3.63, 3.8) is 0 Å². The maximum Gasteiger partial charge on any atom is 0.311 e. The molecule has 0 radical (unpaired) electrons. The summed E-state index contributed by atoms with van der Waals surface area (Å²) in [7, 11) is 0. The fourth-order valence-corrected chi connectivity index (χ4v) is 1.70. The average molecular weight is 228 g/mol. The Hall–Kier alpha value is -1.45. The molecular formula is C12H14F2O2. The van der Waals surface area contributed by atoms with Gasteiger partial charge in [0, 0.05) is 6.07 Å². The van der Waals surface area contributed by atoms with E-state index in [4.69, 9.17) is 5.11 Å². The minimum atomic E-state index is -1.06. The summed E-state index contributed by atoms with van der Waals surface area (Å²) in [6.07, 6.45) is 0.634. The van der Waals surface area contributed by atoms with Crippen LogP contribution in [0.1, 0.15) is 31.7 Å². The maximum absolute atomic E-state index is 13.0. The Kier molecular flexibility index (Phi) is 3.99. The molecular weight excluding hydrogens is 214 g/mol. The predicted molar refractivity (Wildman–Crippen MR) is 56.2 cm³/mol. The summed E-state index contributed by atoms with van der Waals surface area (Å²) >= 11 is 0. The summed E-state index contributed by atoms with van der Waals surface area (Å²) in [4.78, 5) is 11.1. The molecule has 0 saturated carbocycles. The number of halogens is 2. The molecule has 16 heavy (non-hydrogen) atoms. The zero-order chi connectivity index (χ0) is 12.3. The van der Waals surface area contributed by atoms with Crippen molar-refractivity contribution in [2.75, 3.05) is 0 Å². The monoisotopic (exact) mass is 228 g/mol. The Morgan fingerprint density at radius 2 is 1.81 bits per heavy atom. The number of hydrogen-bond donors (Lipinski definition) is 1. The van der Waals surface area contributed by atoms with E-state index in [1.165, 1.54) is 0 Å². The van der Waals surface area contributed by atoms with Crippen molar-refractivity contribution < 1.29 is 18.7 Å². The molecule has 0 aliphatic heterocycles. The van der Waals surface area contributed by atoms with Crippen LogP contribution in [-0.2, 0) is 4.79 Å². The Bertz CT molecular complexity index is 370. The van der Waals surface area contributed by atoms with Crippen molar-refractivity contribution in [3.05, 3.63) is 35.4 Å². The summed E-state index contributed by atoms with van der Waals surface area (Å²) in [5.74, 6) is -3.58. The molecule has 1 aromatic carbocycles. The minimum absolute atomic E-state index is 0.168. The first kappa shape index (κ1) is 12.6. The van der Waals surface area contributed by atoms with Gasteiger partial charge in [0.15, 0.2) is 0 Å². The second kappa shape index (κ2) is 5.05. The van der Waals surface area contributed by atoms with Gasteiger partial charge in [0.1, 0.15) is 11.6 Å². The zero-order valence-electron chi connectivity index (χ0n) is 9.21. The second-order valence-corrected chi connectivity index (χ2v) is 3.90. The smallest absolute Gasteiger partial charge is 0.311 e. The van der Waals surface area contributed by atoms with Crippen molar-refractivity contribution in [2.24, 2.45) is 5.92 Å². The van der Waals surface area contributed by atoms with E-state index in [1.807, 2.05) is 6.92 Å². The molecule has 0 fully saturated rings. The SMILES string of the molecule is CCC(C)C(C(=O)O)c1cc(F)cc(F)c1. The van der Waals surface area contributed by atoms with Gasteiger partial charge < -0.3 is 5.11 Å². The van der Waals surface area contributed by atoms with E-state index in [-0.39, 0.29) is 11.5 Å². The second-order valence-electron chi connectivity index (χ2n) is 3.90. The van der Waals surface area contributed by atoms with Gasteiger partial charge in [-0.25, -0.2) is 8.78 Å². The molecule has 0 aliphatic carbocycles. The molecule has 1 rings (SSSR count). The largest absolute Gasteiger partial charge is 0.481 e. The van der Waals surface area contributed by atoms with E-state index in [9.17, 15) is 13.6 Å². The predicted octanol–water partition coefficient (Wildman–Crippen LogP) is 3.18.